The quantitative estimate of drug-likeness (QED) is 0.0320. The lowest BCUT2D eigenvalue weighted by atomic mass is 10.0. The summed E-state index contributed by atoms with van der Waals surface area (Å²) < 4.78 is 5.51. The van der Waals surface area contributed by atoms with E-state index in [0.717, 1.165) is 44.9 Å². The first-order valence-electron chi connectivity index (χ1n) is 37.1. The van der Waals surface area contributed by atoms with E-state index < -0.39 is 12.1 Å². The van der Waals surface area contributed by atoms with Crippen LogP contribution in [0.25, 0.3) is 0 Å². The Bertz CT molecular complexity index is 1270. The van der Waals surface area contributed by atoms with Crippen molar-refractivity contribution in [3.8, 4) is 0 Å². The number of rotatable bonds is 70. The Morgan fingerprint density at radius 3 is 0.877 bits per heavy atom. The first-order chi connectivity index (χ1) is 40.0. The fourth-order valence-electron chi connectivity index (χ4n) is 11.8. The van der Waals surface area contributed by atoms with Crippen molar-refractivity contribution in [3.05, 3.63) is 24.3 Å². The van der Waals surface area contributed by atoms with Gasteiger partial charge in [-0.1, -0.05) is 353 Å². The second-order valence-electron chi connectivity index (χ2n) is 25.6. The Morgan fingerprint density at radius 2 is 0.580 bits per heavy atom. The number of aliphatic hydroxyl groups is 2. The molecule has 1 amide bonds. The standard InChI is InChI=1S/C75H145NO5/c1-3-5-7-9-11-13-15-17-19-21-23-24-25-26-28-32-35-39-43-47-51-55-59-63-67-73(78)72(71-77)76-74(79)68-64-60-56-52-48-44-40-36-33-29-27-30-34-38-42-46-50-54-58-62-66-70-81-75(80)69-65-61-57-53-49-45-41-37-31-22-20-18-16-14-12-10-8-6-4-2/h18,20,29,33,72-73,77-78H,3-17,19,21-28,30-32,34-71H2,1-2H3,(H,76,79)/b20-18-,33-29-. The number of esters is 1. The number of nitrogens with one attached hydrogen (secondary N) is 1. The molecule has 81 heavy (non-hydrogen) atoms. The first kappa shape index (κ1) is 79.3. The van der Waals surface area contributed by atoms with Crippen LogP contribution < -0.4 is 5.32 Å². The normalized spacial score (nSPS) is 12.6. The van der Waals surface area contributed by atoms with E-state index in [9.17, 15) is 19.8 Å². The molecule has 6 nitrogen and oxygen atoms in total. The molecule has 0 saturated heterocycles. The second-order valence-corrected chi connectivity index (χ2v) is 25.6. The summed E-state index contributed by atoms with van der Waals surface area (Å²) in [6.07, 6.45) is 89.5. The number of amides is 1. The molecule has 0 aliphatic heterocycles. The second kappa shape index (κ2) is 70.8. The highest BCUT2D eigenvalue weighted by atomic mass is 16.5. The molecule has 0 aromatic heterocycles. The molecule has 3 N–H and O–H groups in total. The molecule has 0 rings (SSSR count). The molecule has 0 aromatic rings. The molecular formula is C75H145NO5. The van der Waals surface area contributed by atoms with Gasteiger partial charge in [-0.3, -0.25) is 9.59 Å². The molecule has 2 unspecified atom stereocenters. The van der Waals surface area contributed by atoms with E-state index in [1.165, 1.54) is 340 Å². The summed E-state index contributed by atoms with van der Waals surface area (Å²) in [5, 5.41) is 23.4. The lowest BCUT2D eigenvalue weighted by Gasteiger charge is -2.22. The summed E-state index contributed by atoms with van der Waals surface area (Å²) >= 11 is 0. The fourth-order valence-corrected chi connectivity index (χ4v) is 11.8. The van der Waals surface area contributed by atoms with Crippen molar-refractivity contribution >= 4 is 11.9 Å². The van der Waals surface area contributed by atoms with Gasteiger partial charge >= 0.3 is 5.97 Å². The highest BCUT2D eigenvalue weighted by Crippen LogP contribution is 2.19. The van der Waals surface area contributed by atoms with E-state index in [0.29, 0.717) is 25.9 Å². The van der Waals surface area contributed by atoms with Crippen molar-refractivity contribution in [1.29, 1.82) is 0 Å². The molecule has 0 saturated carbocycles. The van der Waals surface area contributed by atoms with Gasteiger partial charge < -0.3 is 20.3 Å². The molecule has 480 valence electrons. The highest BCUT2D eigenvalue weighted by Gasteiger charge is 2.20. The third kappa shape index (κ3) is 67.3. The number of hydrogen-bond acceptors (Lipinski definition) is 5. The predicted octanol–water partition coefficient (Wildman–Crippen LogP) is 24.1. The van der Waals surface area contributed by atoms with Gasteiger partial charge in [0.1, 0.15) is 0 Å². The summed E-state index contributed by atoms with van der Waals surface area (Å²) in [7, 11) is 0. The van der Waals surface area contributed by atoms with Gasteiger partial charge in [0.25, 0.3) is 0 Å². The van der Waals surface area contributed by atoms with E-state index in [1.807, 2.05) is 0 Å². The molecule has 0 spiro atoms. The molecule has 0 bridgehead atoms. The third-order valence-electron chi connectivity index (χ3n) is 17.5. The number of hydrogen-bond donors (Lipinski definition) is 3. The van der Waals surface area contributed by atoms with E-state index in [4.69, 9.17) is 4.74 Å². The number of aliphatic hydroxyl groups excluding tert-OH is 2. The van der Waals surface area contributed by atoms with Gasteiger partial charge in [0, 0.05) is 12.8 Å². The Kier molecular flexibility index (Phi) is 69.4. The maximum atomic E-state index is 12.6. The average Bonchev–Trinajstić information content (AvgIpc) is 3.47. The van der Waals surface area contributed by atoms with E-state index in [1.54, 1.807) is 0 Å². The minimum atomic E-state index is -0.671. The number of carbonyl (C=O) groups is 2. The zero-order chi connectivity index (χ0) is 58.5. The van der Waals surface area contributed by atoms with Crippen LogP contribution in [0.4, 0.5) is 0 Å². The van der Waals surface area contributed by atoms with Gasteiger partial charge in [0.15, 0.2) is 0 Å². The van der Waals surface area contributed by atoms with Crippen molar-refractivity contribution < 1.29 is 24.5 Å². The highest BCUT2D eigenvalue weighted by molar-refractivity contribution is 5.76. The molecule has 0 heterocycles. The van der Waals surface area contributed by atoms with Crippen LogP contribution in [0.15, 0.2) is 24.3 Å². The van der Waals surface area contributed by atoms with E-state index >= 15 is 0 Å². The zero-order valence-electron chi connectivity index (χ0n) is 55.0. The number of carbonyl (C=O) groups excluding carboxylic acids is 2. The Labute approximate surface area is 507 Å². The van der Waals surface area contributed by atoms with Crippen LogP contribution in [0.2, 0.25) is 0 Å². The van der Waals surface area contributed by atoms with Crippen LogP contribution in [0.5, 0.6) is 0 Å². The van der Waals surface area contributed by atoms with Gasteiger partial charge in [-0.2, -0.15) is 0 Å². The minimum Gasteiger partial charge on any atom is -0.466 e. The molecule has 0 aliphatic rings. The summed E-state index contributed by atoms with van der Waals surface area (Å²) in [4.78, 5) is 24.7. The maximum absolute atomic E-state index is 12.6. The SMILES string of the molecule is CCCCCCCC/C=C\CCCCCCCCCCCC(=O)OCCCCCCCCCCCC/C=C\CCCCCCCCCC(=O)NC(CO)C(O)CCCCCCCCCCCCCCCCCCCCCCCCCC. The van der Waals surface area contributed by atoms with Gasteiger partial charge in [0.2, 0.25) is 5.91 Å². The van der Waals surface area contributed by atoms with E-state index in [2.05, 4.69) is 43.5 Å². The summed E-state index contributed by atoms with van der Waals surface area (Å²) in [6.45, 7) is 4.99. The molecule has 0 radical (unpaired) electrons. The van der Waals surface area contributed by atoms with E-state index in [-0.39, 0.29) is 18.5 Å². The number of ether oxygens (including phenoxy) is 1. The average molecular weight is 1140 g/mol. The Balaban J connectivity index is 3.40. The van der Waals surface area contributed by atoms with Crippen molar-refractivity contribution in [2.24, 2.45) is 0 Å². The van der Waals surface area contributed by atoms with Crippen LogP contribution in [0.3, 0.4) is 0 Å². The van der Waals surface area contributed by atoms with Crippen molar-refractivity contribution in [1.82, 2.24) is 5.32 Å². The monoisotopic (exact) mass is 1140 g/mol. The molecule has 0 aromatic carbocycles. The van der Waals surface area contributed by atoms with Crippen molar-refractivity contribution in [2.75, 3.05) is 13.2 Å². The Morgan fingerprint density at radius 1 is 0.333 bits per heavy atom. The molecule has 6 heteroatoms. The molecular weight excluding hydrogens is 995 g/mol. The predicted molar refractivity (Wildman–Crippen MR) is 356 cm³/mol. The summed E-state index contributed by atoms with van der Waals surface area (Å²) in [6, 6.07) is -0.549. The smallest absolute Gasteiger partial charge is 0.305 e. The van der Waals surface area contributed by atoms with Gasteiger partial charge in [-0.15, -0.1) is 0 Å². The van der Waals surface area contributed by atoms with Gasteiger partial charge in [-0.05, 0) is 77.0 Å². The lowest BCUT2D eigenvalue weighted by Crippen LogP contribution is -2.45. The molecule has 0 aliphatic carbocycles. The zero-order valence-corrected chi connectivity index (χ0v) is 55.0. The summed E-state index contributed by atoms with van der Waals surface area (Å²) in [5.74, 6) is -0.0287. The van der Waals surface area contributed by atoms with Crippen molar-refractivity contribution in [2.45, 2.75) is 431 Å². The van der Waals surface area contributed by atoms with Crippen LogP contribution in [-0.2, 0) is 14.3 Å². The van der Waals surface area contributed by atoms with Gasteiger partial charge in [0.05, 0.1) is 25.4 Å². The molecule has 2 atom stereocenters. The number of allylic oxidation sites excluding steroid dienone is 4. The van der Waals surface area contributed by atoms with Gasteiger partial charge in [-0.25, -0.2) is 0 Å². The topological polar surface area (TPSA) is 95.9 Å². The van der Waals surface area contributed by atoms with Crippen LogP contribution >= 0.6 is 0 Å². The Hall–Kier alpha value is -1.66. The molecule has 0 fully saturated rings. The number of unbranched alkanes of at least 4 members (excludes halogenated alkanes) is 55. The first-order valence-corrected chi connectivity index (χ1v) is 37.1. The minimum absolute atomic E-state index is 0.00906. The fraction of sp³-hybridized carbons (Fsp3) is 0.920. The lowest BCUT2D eigenvalue weighted by molar-refractivity contribution is -0.143. The third-order valence-corrected chi connectivity index (χ3v) is 17.5. The largest absolute Gasteiger partial charge is 0.466 e. The van der Waals surface area contributed by atoms with Crippen LogP contribution in [0.1, 0.15) is 418 Å². The van der Waals surface area contributed by atoms with Crippen LogP contribution in [0, 0.1) is 0 Å². The summed E-state index contributed by atoms with van der Waals surface area (Å²) in [5.41, 5.74) is 0. The maximum Gasteiger partial charge on any atom is 0.305 e. The van der Waals surface area contributed by atoms with Crippen LogP contribution in [-0.4, -0.2) is 47.4 Å². The van der Waals surface area contributed by atoms with Crippen molar-refractivity contribution in [3.63, 3.8) is 0 Å².